The molecule has 0 saturated carbocycles. The summed E-state index contributed by atoms with van der Waals surface area (Å²) in [5, 5.41) is 15.4. The van der Waals surface area contributed by atoms with Crippen molar-refractivity contribution in [1.82, 2.24) is 15.3 Å². The summed E-state index contributed by atoms with van der Waals surface area (Å²) in [7, 11) is 0. The first kappa shape index (κ1) is 12.6. The summed E-state index contributed by atoms with van der Waals surface area (Å²) < 4.78 is 0. The second-order valence-corrected chi connectivity index (χ2v) is 4.77. The van der Waals surface area contributed by atoms with Crippen LogP contribution in [0, 0.1) is 11.3 Å². The Kier molecular flexibility index (Phi) is 3.57. The summed E-state index contributed by atoms with van der Waals surface area (Å²) in [6.45, 7) is 1.06. The molecule has 1 atom stereocenters. The van der Waals surface area contributed by atoms with Crippen molar-refractivity contribution in [1.29, 1.82) is 5.26 Å². The molecule has 3 heterocycles. The number of anilines is 2. The van der Waals surface area contributed by atoms with Crippen molar-refractivity contribution in [3.8, 4) is 6.07 Å². The number of pyridine rings is 2. The molecule has 0 bridgehead atoms. The van der Waals surface area contributed by atoms with E-state index in [9.17, 15) is 0 Å². The SMILES string of the molecule is N#Cc1ccc(Nc2cccc([C@H]3CCCN3)n2)cn1. The Morgan fingerprint density at radius 2 is 2.25 bits per heavy atom. The van der Waals surface area contributed by atoms with E-state index in [1.165, 1.54) is 6.42 Å². The molecule has 0 aromatic carbocycles. The Morgan fingerprint density at radius 3 is 2.95 bits per heavy atom. The number of aromatic nitrogens is 2. The van der Waals surface area contributed by atoms with Gasteiger partial charge in [0, 0.05) is 6.04 Å². The van der Waals surface area contributed by atoms with Crippen LogP contribution in [0.3, 0.4) is 0 Å². The van der Waals surface area contributed by atoms with Gasteiger partial charge in [-0.2, -0.15) is 5.26 Å². The summed E-state index contributed by atoms with van der Waals surface area (Å²) in [4.78, 5) is 8.66. The molecule has 3 rings (SSSR count). The number of hydrogen-bond donors (Lipinski definition) is 2. The lowest BCUT2D eigenvalue weighted by Crippen LogP contribution is -2.14. The molecule has 5 heteroatoms. The molecule has 2 N–H and O–H groups in total. The van der Waals surface area contributed by atoms with Crippen molar-refractivity contribution in [3.63, 3.8) is 0 Å². The van der Waals surface area contributed by atoms with Gasteiger partial charge in [0.2, 0.25) is 0 Å². The summed E-state index contributed by atoms with van der Waals surface area (Å²) in [6, 6.07) is 11.8. The standard InChI is InChI=1S/C15H15N5/c16-9-11-6-7-12(10-18-11)19-15-5-1-3-14(20-15)13-4-2-8-17-13/h1,3,5-7,10,13,17H,2,4,8H2,(H,19,20)/t13-/m1/s1. The fraction of sp³-hybridized carbons (Fsp3) is 0.267. The second kappa shape index (κ2) is 5.68. The fourth-order valence-electron chi connectivity index (χ4n) is 2.33. The van der Waals surface area contributed by atoms with Crippen molar-refractivity contribution < 1.29 is 0 Å². The minimum atomic E-state index is 0.357. The van der Waals surface area contributed by atoms with Gasteiger partial charge in [0.1, 0.15) is 17.6 Å². The highest BCUT2D eigenvalue weighted by Gasteiger charge is 2.17. The van der Waals surface area contributed by atoms with Gasteiger partial charge in [-0.1, -0.05) is 6.07 Å². The lowest BCUT2D eigenvalue weighted by atomic mass is 10.1. The lowest BCUT2D eigenvalue weighted by molar-refractivity contribution is 0.629. The van der Waals surface area contributed by atoms with Crippen LogP contribution < -0.4 is 10.6 Å². The van der Waals surface area contributed by atoms with Crippen LogP contribution >= 0.6 is 0 Å². The van der Waals surface area contributed by atoms with E-state index in [-0.39, 0.29) is 0 Å². The zero-order chi connectivity index (χ0) is 13.8. The third kappa shape index (κ3) is 2.76. The minimum absolute atomic E-state index is 0.357. The molecule has 0 radical (unpaired) electrons. The van der Waals surface area contributed by atoms with E-state index >= 15 is 0 Å². The largest absolute Gasteiger partial charge is 0.339 e. The smallest absolute Gasteiger partial charge is 0.140 e. The zero-order valence-electron chi connectivity index (χ0n) is 11.0. The highest BCUT2D eigenvalue weighted by Crippen LogP contribution is 2.23. The molecule has 5 nitrogen and oxygen atoms in total. The predicted molar refractivity (Wildman–Crippen MR) is 76.4 cm³/mol. The molecule has 0 aliphatic carbocycles. The van der Waals surface area contributed by atoms with Crippen molar-refractivity contribution in [3.05, 3.63) is 47.9 Å². The Bertz CT molecular complexity index is 623. The zero-order valence-corrected chi connectivity index (χ0v) is 11.0. The van der Waals surface area contributed by atoms with Gasteiger partial charge in [-0.25, -0.2) is 9.97 Å². The normalized spacial score (nSPS) is 17.6. The maximum Gasteiger partial charge on any atom is 0.140 e. The maximum atomic E-state index is 8.72. The maximum absolute atomic E-state index is 8.72. The van der Waals surface area contributed by atoms with Gasteiger partial charge in [-0.05, 0) is 43.7 Å². The molecule has 1 saturated heterocycles. The van der Waals surface area contributed by atoms with E-state index in [1.54, 1.807) is 12.3 Å². The van der Waals surface area contributed by atoms with E-state index in [0.717, 1.165) is 30.2 Å². The number of nitrogens with zero attached hydrogens (tertiary/aromatic N) is 3. The molecule has 1 aliphatic rings. The van der Waals surface area contributed by atoms with Gasteiger partial charge in [-0.3, -0.25) is 0 Å². The van der Waals surface area contributed by atoms with Gasteiger partial charge in [0.15, 0.2) is 0 Å². The molecule has 0 spiro atoms. The second-order valence-electron chi connectivity index (χ2n) is 4.77. The molecule has 1 fully saturated rings. The summed E-state index contributed by atoms with van der Waals surface area (Å²) in [5.74, 6) is 0.794. The van der Waals surface area contributed by atoms with Crippen LogP contribution in [0.2, 0.25) is 0 Å². The summed E-state index contributed by atoms with van der Waals surface area (Å²) >= 11 is 0. The average molecular weight is 265 g/mol. The van der Waals surface area contributed by atoms with Crippen LogP contribution in [0.5, 0.6) is 0 Å². The molecule has 100 valence electrons. The number of rotatable bonds is 3. The van der Waals surface area contributed by atoms with Crippen molar-refractivity contribution in [2.45, 2.75) is 18.9 Å². The van der Waals surface area contributed by atoms with Crippen LogP contribution in [0.4, 0.5) is 11.5 Å². The monoisotopic (exact) mass is 265 g/mol. The number of nitrogens with one attached hydrogen (secondary N) is 2. The lowest BCUT2D eigenvalue weighted by Gasteiger charge is -2.12. The molecule has 0 amide bonds. The van der Waals surface area contributed by atoms with Gasteiger partial charge < -0.3 is 10.6 Å². The average Bonchev–Trinajstić information content (AvgIpc) is 3.03. The molecular weight excluding hydrogens is 250 g/mol. The third-order valence-corrected chi connectivity index (χ3v) is 3.34. The quantitative estimate of drug-likeness (QED) is 0.892. The van der Waals surface area contributed by atoms with Crippen LogP contribution in [0.25, 0.3) is 0 Å². The highest BCUT2D eigenvalue weighted by molar-refractivity contribution is 5.55. The number of hydrogen-bond acceptors (Lipinski definition) is 5. The molecule has 2 aromatic rings. The molecular formula is C15H15N5. The predicted octanol–water partition coefficient (Wildman–Crippen LogP) is 2.52. The van der Waals surface area contributed by atoms with E-state index in [0.29, 0.717) is 11.7 Å². The van der Waals surface area contributed by atoms with E-state index in [1.807, 2.05) is 30.3 Å². The van der Waals surface area contributed by atoms with E-state index in [4.69, 9.17) is 5.26 Å². The van der Waals surface area contributed by atoms with Crippen LogP contribution in [0.1, 0.15) is 30.3 Å². The first-order chi connectivity index (χ1) is 9.85. The summed E-state index contributed by atoms with van der Waals surface area (Å²) in [5.41, 5.74) is 2.30. The van der Waals surface area contributed by atoms with E-state index < -0.39 is 0 Å². The minimum Gasteiger partial charge on any atom is -0.339 e. The van der Waals surface area contributed by atoms with Crippen molar-refractivity contribution in [2.24, 2.45) is 0 Å². The van der Waals surface area contributed by atoms with Crippen LogP contribution in [-0.4, -0.2) is 16.5 Å². The van der Waals surface area contributed by atoms with Crippen molar-refractivity contribution >= 4 is 11.5 Å². The molecule has 2 aromatic heterocycles. The molecule has 20 heavy (non-hydrogen) atoms. The van der Waals surface area contributed by atoms with E-state index in [2.05, 4.69) is 20.6 Å². The van der Waals surface area contributed by atoms with Crippen LogP contribution in [-0.2, 0) is 0 Å². The summed E-state index contributed by atoms with van der Waals surface area (Å²) in [6.07, 6.45) is 3.97. The Hall–Kier alpha value is -2.45. The highest BCUT2D eigenvalue weighted by atomic mass is 15.0. The van der Waals surface area contributed by atoms with Gasteiger partial charge >= 0.3 is 0 Å². The topological polar surface area (TPSA) is 73.6 Å². The molecule has 1 aliphatic heterocycles. The van der Waals surface area contributed by atoms with Gasteiger partial charge in [0.25, 0.3) is 0 Å². The number of nitriles is 1. The molecule has 0 unspecified atom stereocenters. The van der Waals surface area contributed by atoms with Crippen molar-refractivity contribution in [2.75, 3.05) is 11.9 Å². The van der Waals surface area contributed by atoms with Crippen LogP contribution in [0.15, 0.2) is 36.5 Å². The Morgan fingerprint density at radius 1 is 1.30 bits per heavy atom. The van der Waals surface area contributed by atoms with Gasteiger partial charge in [0.05, 0.1) is 17.6 Å². The fourth-order valence-corrected chi connectivity index (χ4v) is 2.33. The first-order valence-electron chi connectivity index (χ1n) is 6.69. The Labute approximate surface area is 117 Å². The Balaban J connectivity index is 1.76. The first-order valence-corrected chi connectivity index (χ1v) is 6.69. The third-order valence-electron chi connectivity index (χ3n) is 3.34. The van der Waals surface area contributed by atoms with Gasteiger partial charge in [-0.15, -0.1) is 0 Å².